The molecule has 21 heavy (non-hydrogen) atoms. The average Bonchev–Trinajstić information content (AvgIpc) is 2.53. The van der Waals surface area contributed by atoms with Gasteiger partial charge in [-0.15, -0.1) is 0 Å². The van der Waals surface area contributed by atoms with Crippen molar-refractivity contribution in [3.05, 3.63) is 34.9 Å². The summed E-state index contributed by atoms with van der Waals surface area (Å²) in [5.41, 5.74) is 0.693. The van der Waals surface area contributed by atoms with Crippen LogP contribution < -0.4 is 10.3 Å². The minimum Gasteiger partial charge on any atom is -0.489 e. The van der Waals surface area contributed by atoms with Crippen LogP contribution >= 0.6 is 0 Å². The van der Waals surface area contributed by atoms with Crippen LogP contribution in [0.3, 0.4) is 0 Å². The molecule has 0 unspecified atom stereocenters. The number of hydrogen-bond donors (Lipinski definition) is 0. The highest BCUT2D eigenvalue weighted by Crippen LogP contribution is 2.31. The fourth-order valence-electron chi connectivity index (χ4n) is 3.48. The Balaban J connectivity index is 1.65. The maximum Gasteiger partial charge on any atom is 0.261 e. The van der Waals surface area contributed by atoms with Crippen molar-refractivity contribution in [3.8, 4) is 5.75 Å². The van der Waals surface area contributed by atoms with Gasteiger partial charge in [-0.1, -0.05) is 0 Å². The van der Waals surface area contributed by atoms with Crippen molar-refractivity contribution in [1.82, 2.24) is 14.5 Å². The van der Waals surface area contributed by atoms with Gasteiger partial charge in [0.05, 0.1) is 17.2 Å². The molecule has 3 aliphatic rings. The molecule has 0 radical (unpaired) electrons. The fraction of sp³-hybridized carbons (Fsp3) is 0.500. The molecule has 0 saturated carbocycles. The molecule has 0 N–H and O–H groups in total. The van der Waals surface area contributed by atoms with Crippen LogP contribution in [0.4, 0.5) is 0 Å². The van der Waals surface area contributed by atoms with Crippen molar-refractivity contribution in [3.63, 3.8) is 0 Å². The minimum absolute atomic E-state index is 0.0284. The van der Waals surface area contributed by atoms with E-state index in [0.29, 0.717) is 11.3 Å². The number of rotatable bonds is 2. The van der Waals surface area contributed by atoms with Crippen molar-refractivity contribution in [2.24, 2.45) is 13.0 Å². The molecule has 0 aliphatic carbocycles. The molecule has 2 bridgehead atoms. The van der Waals surface area contributed by atoms with Gasteiger partial charge in [-0.2, -0.15) is 0 Å². The van der Waals surface area contributed by atoms with Gasteiger partial charge in [0.1, 0.15) is 11.9 Å². The monoisotopic (exact) mass is 285 g/mol. The van der Waals surface area contributed by atoms with E-state index in [1.165, 1.54) is 30.5 Å². The van der Waals surface area contributed by atoms with E-state index in [4.69, 9.17) is 4.74 Å². The van der Waals surface area contributed by atoms with E-state index in [1.807, 2.05) is 18.2 Å². The second-order valence-corrected chi connectivity index (χ2v) is 6.13. The normalized spacial score (nSPS) is 28.0. The van der Waals surface area contributed by atoms with Gasteiger partial charge >= 0.3 is 0 Å². The molecule has 5 rings (SSSR count). The van der Waals surface area contributed by atoms with Crippen LogP contribution in [-0.4, -0.2) is 40.2 Å². The number of fused-ring (bicyclic) bond motifs is 4. The SMILES string of the molecule is Cn1cnc2ccc(O[C@@H]3CN4CCC3CC4)cc2c1=O. The van der Waals surface area contributed by atoms with Crippen molar-refractivity contribution < 1.29 is 4.74 Å². The van der Waals surface area contributed by atoms with Gasteiger partial charge in [0.2, 0.25) is 0 Å². The molecule has 1 atom stereocenters. The van der Waals surface area contributed by atoms with Gasteiger partial charge in [0.25, 0.3) is 5.56 Å². The van der Waals surface area contributed by atoms with Crippen LogP contribution in [0, 0.1) is 5.92 Å². The molecule has 5 heteroatoms. The van der Waals surface area contributed by atoms with E-state index in [2.05, 4.69) is 9.88 Å². The maximum absolute atomic E-state index is 12.2. The first-order valence-corrected chi connectivity index (χ1v) is 7.55. The zero-order valence-electron chi connectivity index (χ0n) is 12.2. The van der Waals surface area contributed by atoms with Crippen LogP contribution in [0.5, 0.6) is 5.75 Å². The Morgan fingerprint density at radius 3 is 2.81 bits per heavy atom. The van der Waals surface area contributed by atoms with Gasteiger partial charge in [0.15, 0.2) is 0 Å². The summed E-state index contributed by atoms with van der Waals surface area (Å²) in [5.74, 6) is 1.44. The highest BCUT2D eigenvalue weighted by molar-refractivity contribution is 5.78. The topological polar surface area (TPSA) is 47.4 Å². The summed E-state index contributed by atoms with van der Waals surface area (Å²) in [4.78, 5) is 18.9. The zero-order valence-corrected chi connectivity index (χ0v) is 12.2. The lowest BCUT2D eigenvalue weighted by molar-refractivity contribution is -0.00769. The number of aromatic nitrogens is 2. The van der Waals surface area contributed by atoms with Crippen molar-refractivity contribution in [2.45, 2.75) is 18.9 Å². The summed E-state index contributed by atoms with van der Waals surface area (Å²) < 4.78 is 7.67. The van der Waals surface area contributed by atoms with E-state index in [1.54, 1.807) is 13.4 Å². The summed E-state index contributed by atoms with van der Waals surface area (Å²) in [6.45, 7) is 3.41. The second-order valence-electron chi connectivity index (χ2n) is 6.13. The molecule has 3 saturated heterocycles. The van der Waals surface area contributed by atoms with Crippen molar-refractivity contribution in [1.29, 1.82) is 0 Å². The van der Waals surface area contributed by atoms with Gasteiger partial charge < -0.3 is 9.30 Å². The Bertz CT molecular complexity index is 732. The molecule has 110 valence electrons. The predicted molar refractivity (Wildman–Crippen MR) is 80.6 cm³/mol. The summed E-state index contributed by atoms with van der Waals surface area (Å²) in [6, 6.07) is 5.63. The molecular weight excluding hydrogens is 266 g/mol. The Morgan fingerprint density at radius 2 is 2.10 bits per heavy atom. The van der Waals surface area contributed by atoms with E-state index < -0.39 is 0 Å². The first-order valence-electron chi connectivity index (χ1n) is 7.55. The van der Waals surface area contributed by atoms with Crippen LogP contribution in [0.1, 0.15) is 12.8 Å². The van der Waals surface area contributed by atoms with Gasteiger partial charge in [-0.25, -0.2) is 4.98 Å². The highest BCUT2D eigenvalue weighted by atomic mass is 16.5. The molecule has 2 aromatic rings. The van der Waals surface area contributed by atoms with E-state index in [9.17, 15) is 4.79 Å². The fourth-order valence-corrected chi connectivity index (χ4v) is 3.48. The molecule has 3 fully saturated rings. The Morgan fingerprint density at radius 1 is 1.29 bits per heavy atom. The van der Waals surface area contributed by atoms with Gasteiger partial charge in [-0.3, -0.25) is 9.69 Å². The Labute approximate surface area is 123 Å². The third kappa shape index (κ3) is 2.21. The molecule has 3 aliphatic heterocycles. The van der Waals surface area contributed by atoms with Gasteiger partial charge in [-0.05, 0) is 50.0 Å². The largest absolute Gasteiger partial charge is 0.489 e. The summed E-state index contributed by atoms with van der Waals surface area (Å²) in [5, 5.41) is 0.624. The van der Waals surface area contributed by atoms with Crippen LogP contribution in [0.15, 0.2) is 29.3 Å². The highest BCUT2D eigenvalue weighted by Gasteiger charge is 2.35. The molecular formula is C16H19N3O2. The number of benzene rings is 1. The third-order valence-electron chi connectivity index (χ3n) is 4.77. The molecule has 4 heterocycles. The van der Waals surface area contributed by atoms with Crippen molar-refractivity contribution >= 4 is 10.9 Å². The van der Waals surface area contributed by atoms with E-state index in [0.717, 1.165) is 17.8 Å². The predicted octanol–water partition coefficient (Wildman–Crippen LogP) is 1.41. The number of ether oxygens (including phenoxy) is 1. The molecule has 1 aromatic carbocycles. The zero-order chi connectivity index (χ0) is 14.4. The van der Waals surface area contributed by atoms with Crippen molar-refractivity contribution in [2.75, 3.05) is 19.6 Å². The standard InChI is InChI=1S/C16H19N3O2/c1-18-10-17-14-3-2-12(8-13(14)16(18)20)21-15-9-19-6-4-11(15)5-7-19/h2-3,8,10-11,15H,4-7,9H2,1H3/t15-/m1/s1. The summed E-state index contributed by atoms with van der Waals surface area (Å²) >= 11 is 0. The van der Waals surface area contributed by atoms with Gasteiger partial charge in [0, 0.05) is 13.6 Å². The lowest BCUT2D eigenvalue weighted by Gasteiger charge is -2.44. The lowest BCUT2D eigenvalue weighted by atomic mass is 9.86. The molecule has 0 spiro atoms. The first kappa shape index (κ1) is 12.8. The van der Waals surface area contributed by atoms with E-state index >= 15 is 0 Å². The third-order valence-corrected chi connectivity index (χ3v) is 4.77. The minimum atomic E-state index is -0.0284. The quantitative estimate of drug-likeness (QED) is 0.837. The number of piperidine rings is 3. The first-order chi connectivity index (χ1) is 10.2. The van der Waals surface area contributed by atoms with Crippen LogP contribution in [0.2, 0.25) is 0 Å². The Kier molecular flexibility index (Phi) is 2.96. The number of nitrogens with zero attached hydrogens (tertiary/aromatic N) is 3. The molecule has 0 amide bonds. The lowest BCUT2D eigenvalue weighted by Crippen LogP contribution is -2.52. The maximum atomic E-state index is 12.2. The summed E-state index contributed by atoms with van der Waals surface area (Å²) in [6.07, 6.45) is 4.26. The van der Waals surface area contributed by atoms with Crippen LogP contribution in [-0.2, 0) is 7.05 Å². The van der Waals surface area contributed by atoms with E-state index in [-0.39, 0.29) is 11.7 Å². The number of hydrogen-bond acceptors (Lipinski definition) is 4. The second kappa shape index (κ2) is 4.84. The Hall–Kier alpha value is -1.88. The summed E-state index contributed by atoms with van der Waals surface area (Å²) in [7, 11) is 1.72. The molecule has 1 aromatic heterocycles. The molecule has 5 nitrogen and oxygen atoms in total. The average molecular weight is 285 g/mol. The number of aryl methyl sites for hydroxylation is 1. The van der Waals surface area contributed by atoms with Crippen LogP contribution in [0.25, 0.3) is 10.9 Å². The smallest absolute Gasteiger partial charge is 0.261 e.